The van der Waals surface area contributed by atoms with Gasteiger partial charge in [-0.1, -0.05) is 36.4 Å². The quantitative estimate of drug-likeness (QED) is 0.239. The third-order valence-electron chi connectivity index (χ3n) is 7.18. The standard InChI is InChI=1S/C32H18N6O/c33-18-20-14-21(38-30-10-4-2-7-26(30)27-8-5-13-34-31(27)38)16-23(15-20)39-22-11-12-24-25-6-1-3-9-29(25)37-19-35-36-32(37)28(24)17-22/h1-17,19H. The maximum Gasteiger partial charge on any atom is 0.169 e. The molecule has 0 bridgehead atoms. The van der Waals surface area contributed by atoms with Crippen LogP contribution in [-0.2, 0) is 0 Å². The first-order chi connectivity index (χ1) is 19.3. The van der Waals surface area contributed by atoms with Gasteiger partial charge in [0.05, 0.1) is 28.4 Å². The average Bonchev–Trinajstić information content (AvgIpc) is 3.61. The summed E-state index contributed by atoms with van der Waals surface area (Å²) < 4.78 is 10.5. The molecule has 0 N–H and O–H groups in total. The highest BCUT2D eigenvalue weighted by Crippen LogP contribution is 2.35. The molecule has 7 heteroatoms. The van der Waals surface area contributed by atoms with Gasteiger partial charge in [-0.15, -0.1) is 10.2 Å². The molecule has 39 heavy (non-hydrogen) atoms. The number of nitriles is 1. The summed E-state index contributed by atoms with van der Waals surface area (Å²) in [7, 11) is 0. The zero-order chi connectivity index (χ0) is 25.9. The Morgan fingerprint density at radius 2 is 1.46 bits per heavy atom. The topological polar surface area (TPSA) is 81.0 Å². The Labute approximate surface area is 221 Å². The van der Waals surface area contributed by atoms with Crippen molar-refractivity contribution in [1.29, 1.82) is 5.26 Å². The summed E-state index contributed by atoms with van der Waals surface area (Å²) in [5.74, 6) is 1.20. The van der Waals surface area contributed by atoms with Gasteiger partial charge in [0, 0.05) is 33.8 Å². The van der Waals surface area contributed by atoms with Crippen molar-refractivity contribution in [3.63, 3.8) is 0 Å². The number of aromatic nitrogens is 5. The average molecular weight is 503 g/mol. The summed E-state index contributed by atoms with van der Waals surface area (Å²) in [6.45, 7) is 0. The largest absolute Gasteiger partial charge is 0.457 e. The maximum absolute atomic E-state index is 9.86. The molecule has 0 fully saturated rings. The molecule has 182 valence electrons. The minimum Gasteiger partial charge on any atom is -0.457 e. The lowest BCUT2D eigenvalue weighted by atomic mass is 10.1. The molecule has 8 rings (SSSR count). The summed E-state index contributed by atoms with van der Waals surface area (Å²) >= 11 is 0. The van der Waals surface area contributed by atoms with Gasteiger partial charge in [-0.05, 0) is 60.0 Å². The van der Waals surface area contributed by atoms with Crippen molar-refractivity contribution >= 4 is 49.3 Å². The van der Waals surface area contributed by atoms with E-state index >= 15 is 0 Å². The Hall–Kier alpha value is -5.74. The van der Waals surface area contributed by atoms with E-state index in [2.05, 4.69) is 56.1 Å². The van der Waals surface area contributed by atoms with E-state index in [1.54, 1.807) is 18.6 Å². The SMILES string of the molecule is N#Cc1cc(Oc2ccc3c4ccccc4n4cnnc4c3c2)cc(-n2c3ccccc3c3cccnc32)c1. The Balaban J connectivity index is 1.30. The van der Waals surface area contributed by atoms with Crippen molar-refractivity contribution in [2.24, 2.45) is 0 Å². The minimum absolute atomic E-state index is 0.496. The van der Waals surface area contributed by atoms with Crippen LogP contribution in [0, 0.1) is 11.3 Å². The molecule has 0 saturated heterocycles. The summed E-state index contributed by atoms with van der Waals surface area (Å²) in [6, 6.07) is 34.2. The first-order valence-corrected chi connectivity index (χ1v) is 12.5. The number of para-hydroxylation sites is 2. The van der Waals surface area contributed by atoms with Crippen molar-refractivity contribution in [3.05, 3.63) is 115 Å². The Morgan fingerprint density at radius 3 is 2.33 bits per heavy atom. The number of rotatable bonds is 3. The van der Waals surface area contributed by atoms with Crippen molar-refractivity contribution in [1.82, 2.24) is 24.1 Å². The van der Waals surface area contributed by atoms with Gasteiger partial charge < -0.3 is 4.74 Å². The Kier molecular flexibility index (Phi) is 4.45. The van der Waals surface area contributed by atoms with Crippen molar-refractivity contribution in [2.75, 3.05) is 0 Å². The van der Waals surface area contributed by atoms with E-state index in [0.717, 1.165) is 54.9 Å². The van der Waals surface area contributed by atoms with Crippen molar-refractivity contribution in [3.8, 4) is 23.3 Å². The molecule has 4 aromatic carbocycles. The third-order valence-corrected chi connectivity index (χ3v) is 7.18. The van der Waals surface area contributed by atoms with Gasteiger partial charge >= 0.3 is 0 Å². The van der Waals surface area contributed by atoms with Gasteiger partial charge in [0.1, 0.15) is 23.5 Å². The van der Waals surface area contributed by atoms with Crippen LogP contribution in [-0.4, -0.2) is 24.1 Å². The van der Waals surface area contributed by atoms with Gasteiger partial charge in [0.25, 0.3) is 0 Å². The van der Waals surface area contributed by atoms with Gasteiger partial charge in [-0.2, -0.15) is 5.26 Å². The van der Waals surface area contributed by atoms with E-state index in [-0.39, 0.29) is 0 Å². The summed E-state index contributed by atoms with van der Waals surface area (Å²) in [6.07, 6.45) is 3.51. The molecule has 0 aliphatic carbocycles. The normalized spacial score (nSPS) is 11.6. The Morgan fingerprint density at radius 1 is 0.667 bits per heavy atom. The molecule has 0 saturated carbocycles. The molecule has 0 amide bonds. The van der Waals surface area contributed by atoms with Crippen LogP contribution in [0.2, 0.25) is 0 Å². The van der Waals surface area contributed by atoms with Crippen LogP contribution in [0.25, 0.3) is 54.9 Å². The molecule has 0 aliphatic rings. The number of pyridine rings is 2. The van der Waals surface area contributed by atoms with Crippen LogP contribution in [0.15, 0.2) is 110 Å². The second-order valence-corrected chi connectivity index (χ2v) is 9.41. The van der Waals surface area contributed by atoms with Gasteiger partial charge in [0.2, 0.25) is 0 Å². The molecular weight excluding hydrogens is 484 g/mol. The smallest absolute Gasteiger partial charge is 0.169 e. The molecule has 8 aromatic rings. The monoisotopic (exact) mass is 502 g/mol. The number of hydrogen-bond donors (Lipinski definition) is 0. The highest BCUT2D eigenvalue weighted by molar-refractivity contribution is 6.12. The molecule has 7 nitrogen and oxygen atoms in total. The summed E-state index contributed by atoms with van der Waals surface area (Å²) in [4.78, 5) is 4.67. The maximum atomic E-state index is 9.86. The van der Waals surface area contributed by atoms with Crippen LogP contribution in [0.1, 0.15) is 5.56 Å². The summed E-state index contributed by atoms with van der Waals surface area (Å²) in [5, 5.41) is 23.7. The fourth-order valence-electron chi connectivity index (χ4n) is 5.54. The van der Waals surface area contributed by atoms with E-state index in [4.69, 9.17) is 4.74 Å². The Bertz CT molecular complexity index is 2240. The molecule has 0 aliphatic heterocycles. The zero-order valence-electron chi connectivity index (χ0n) is 20.5. The summed E-state index contributed by atoms with van der Waals surface area (Å²) in [5.41, 5.74) is 4.95. The first kappa shape index (κ1) is 21.4. The minimum atomic E-state index is 0.496. The van der Waals surface area contributed by atoms with E-state index in [1.807, 2.05) is 65.1 Å². The van der Waals surface area contributed by atoms with Crippen LogP contribution in [0.3, 0.4) is 0 Å². The number of fused-ring (bicyclic) bond motifs is 9. The highest BCUT2D eigenvalue weighted by Gasteiger charge is 2.15. The number of benzene rings is 4. The van der Waals surface area contributed by atoms with Crippen LogP contribution < -0.4 is 4.74 Å². The second-order valence-electron chi connectivity index (χ2n) is 9.41. The van der Waals surface area contributed by atoms with Crippen molar-refractivity contribution < 1.29 is 4.74 Å². The van der Waals surface area contributed by atoms with E-state index in [1.165, 1.54) is 0 Å². The fraction of sp³-hybridized carbons (Fsp3) is 0. The lowest BCUT2D eigenvalue weighted by Crippen LogP contribution is -1.97. The molecule has 4 aromatic heterocycles. The lowest BCUT2D eigenvalue weighted by molar-refractivity contribution is 0.483. The van der Waals surface area contributed by atoms with Crippen molar-refractivity contribution in [2.45, 2.75) is 0 Å². The number of hydrogen-bond acceptors (Lipinski definition) is 5. The van der Waals surface area contributed by atoms with Gasteiger partial charge in [-0.3, -0.25) is 8.97 Å². The van der Waals surface area contributed by atoms with Crippen LogP contribution >= 0.6 is 0 Å². The molecule has 0 atom stereocenters. The number of ether oxygens (including phenoxy) is 1. The van der Waals surface area contributed by atoms with Gasteiger partial charge in [-0.25, -0.2) is 4.98 Å². The predicted molar refractivity (Wildman–Crippen MR) is 151 cm³/mol. The number of nitrogens with zero attached hydrogens (tertiary/aromatic N) is 6. The lowest BCUT2D eigenvalue weighted by Gasteiger charge is -2.13. The van der Waals surface area contributed by atoms with Crippen LogP contribution in [0.4, 0.5) is 0 Å². The molecule has 0 radical (unpaired) electrons. The third kappa shape index (κ3) is 3.19. The molecule has 0 spiro atoms. The predicted octanol–water partition coefficient (Wildman–Crippen LogP) is 7.19. The molecule has 0 unspecified atom stereocenters. The van der Waals surface area contributed by atoms with Crippen LogP contribution in [0.5, 0.6) is 11.5 Å². The second kappa shape index (κ2) is 8.13. The highest BCUT2D eigenvalue weighted by atomic mass is 16.5. The molecular formula is C32H18N6O. The van der Waals surface area contributed by atoms with E-state index < -0.39 is 0 Å². The van der Waals surface area contributed by atoms with E-state index in [0.29, 0.717) is 17.1 Å². The van der Waals surface area contributed by atoms with Gasteiger partial charge in [0.15, 0.2) is 5.65 Å². The fourth-order valence-corrected chi connectivity index (χ4v) is 5.54. The first-order valence-electron chi connectivity index (χ1n) is 12.5. The van der Waals surface area contributed by atoms with E-state index in [9.17, 15) is 5.26 Å². The zero-order valence-corrected chi connectivity index (χ0v) is 20.5. The molecule has 4 heterocycles.